The Bertz CT molecular complexity index is 416. The molecule has 1 aromatic carbocycles. The predicted octanol–water partition coefficient (Wildman–Crippen LogP) is 3.22. The molecule has 1 aliphatic rings. The van der Waals surface area contributed by atoms with Crippen molar-refractivity contribution in [2.75, 3.05) is 13.1 Å². The third-order valence-electron chi connectivity index (χ3n) is 3.34. The largest absolute Gasteiger partial charge is 0.299 e. The minimum absolute atomic E-state index is 0.245. The highest BCUT2D eigenvalue weighted by atomic mass is 16.6. The monoisotopic (exact) mass is 248 g/mol. The molecule has 0 atom stereocenters. The molecule has 0 aliphatic heterocycles. The molecule has 98 valence electrons. The van der Waals surface area contributed by atoms with E-state index in [1.807, 2.05) is 12.1 Å². The van der Waals surface area contributed by atoms with Gasteiger partial charge in [0.05, 0.1) is 4.92 Å². The zero-order valence-electron chi connectivity index (χ0n) is 10.8. The van der Waals surface area contributed by atoms with E-state index in [0.29, 0.717) is 6.54 Å². The molecule has 1 aromatic rings. The highest BCUT2D eigenvalue weighted by molar-refractivity contribution is 5.39. The Morgan fingerprint density at radius 3 is 2.72 bits per heavy atom. The van der Waals surface area contributed by atoms with Crippen LogP contribution in [0.1, 0.15) is 31.7 Å². The molecule has 0 spiro atoms. The van der Waals surface area contributed by atoms with Crippen molar-refractivity contribution in [3.8, 4) is 0 Å². The van der Waals surface area contributed by atoms with E-state index in [9.17, 15) is 10.1 Å². The van der Waals surface area contributed by atoms with E-state index in [2.05, 4.69) is 11.8 Å². The van der Waals surface area contributed by atoms with E-state index in [-0.39, 0.29) is 10.6 Å². The van der Waals surface area contributed by atoms with Crippen LogP contribution in [0.4, 0.5) is 5.69 Å². The van der Waals surface area contributed by atoms with Crippen LogP contribution in [0.3, 0.4) is 0 Å². The van der Waals surface area contributed by atoms with Gasteiger partial charge in [0.2, 0.25) is 0 Å². The molecule has 0 N–H and O–H groups in total. The summed E-state index contributed by atoms with van der Waals surface area (Å²) < 4.78 is 0. The second kappa shape index (κ2) is 5.96. The number of rotatable bonds is 7. The number of nitro groups is 1. The number of nitro benzene ring substituents is 1. The molecule has 4 nitrogen and oxygen atoms in total. The molecule has 0 heterocycles. The Balaban J connectivity index is 2.06. The lowest BCUT2D eigenvalue weighted by Gasteiger charge is -2.21. The quantitative estimate of drug-likeness (QED) is 0.550. The van der Waals surface area contributed by atoms with Crippen LogP contribution >= 0.6 is 0 Å². The number of hydrogen-bond acceptors (Lipinski definition) is 3. The van der Waals surface area contributed by atoms with Gasteiger partial charge in [-0.1, -0.05) is 25.1 Å². The Labute approximate surface area is 108 Å². The molecule has 0 bridgehead atoms. The first-order valence-electron chi connectivity index (χ1n) is 6.65. The first-order valence-corrected chi connectivity index (χ1v) is 6.65. The fourth-order valence-electron chi connectivity index (χ4n) is 2.28. The molecule has 18 heavy (non-hydrogen) atoms. The molecule has 0 unspecified atom stereocenters. The fraction of sp³-hybridized carbons (Fsp3) is 0.571. The molecule has 2 rings (SSSR count). The van der Waals surface area contributed by atoms with Gasteiger partial charge in [-0.25, -0.2) is 0 Å². The van der Waals surface area contributed by atoms with Gasteiger partial charge in [-0.2, -0.15) is 0 Å². The highest BCUT2D eigenvalue weighted by Gasteiger charge is 2.25. The molecule has 0 aromatic heterocycles. The summed E-state index contributed by atoms with van der Waals surface area (Å²) in [5.41, 5.74) is 1.08. The van der Waals surface area contributed by atoms with E-state index < -0.39 is 0 Å². The average molecular weight is 248 g/mol. The summed E-state index contributed by atoms with van der Waals surface area (Å²) in [6.45, 7) is 4.95. The fourth-order valence-corrected chi connectivity index (χ4v) is 2.28. The Morgan fingerprint density at radius 2 is 2.11 bits per heavy atom. The number of hydrogen-bond donors (Lipinski definition) is 0. The Kier molecular flexibility index (Phi) is 4.31. The van der Waals surface area contributed by atoms with Gasteiger partial charge >= 0.3 is 0 Å². The first kappa shape index (κ1) is 13.0. The predicted molar refractivity (Wildman–Crippen MR) is 71.4 cm³/mol. The number of benzene rings is 1. The van der Waals surface area contributed by atoms with Crippen molar-refractivity contribution in [3.63, 3.8) is 0 Å². The van der Waals surface area contributed by atoms with Gasteiger partial charge in [-0.3, -0.25) is 15.0 Å². The van der Waals surface area contributed by atoms with Crippen molar-refractivity contribution in [3.05, 3.63) is 39.9 Å². The van der Waals surface area contributed by atoms with Gasteiger partial charge in [0, 0.05) is 24.7 Å². The molecule has 0 radical (unpaired) electrons. The maximum absolute atomic E-state index is 11.0. The standard InChI is InChI=1S/C14H20N2O2/c1-2-9-15(10-12-7-8-12)11-13-5-3-4-6-14(13)16(17)18/h3-6,12H,2,7-11H2,1H3. The Hall–Kier alpha value is -1.42. The van der Waals surface area contributed by atoms with Gasteiger partial charge in [0.25, 0.3) is 5.69 Å². The summed E-state index contributed by atoms with van der Waals surface area (Å²) in [7, 11) is 0. The number of nitrogens with zero attached hydrogens (tertiary/aromatic N) is 2. The zero-order chi connectivity index (χ0) is 13.0. The van der Waals surface area contributed by atoms with Crippen molar-refractivity contribution in [2.45, 2.75) is 32.7 Å². The van der Waals surface area contributed by atoms with Crippen molar-refractivity contribution in [1.29, 1.82) is 0 Å². The van der Waals surface area contributed by atoms with Gasteiger partial charge in [-0.05, 0) is 31.7 Å². The first-order chi connectivity index (χ1) is 8.70. The van der Waals surface area contributed by atoms with Crippen LogP contribution < -0.4 is 0 Å². The smallest absolute Gasteiger partial charge is 0.273 e. The maximum Gasteiger partial charge on any atom is 0.273 e. The van der Waals surface area contributed by atoms with Crippen molar-refractivity contribution < 1.29 is 4.92 Å². The Morgan fingerprint density at radius 1 is 1.39 bits per heavy atom. The van der Waals surface area contributed by atoms with Crippen molar-refractivity contribution in [2.24, 2.45) is 5.92 Å². The van der Waals surface area contributed by atoms with Gasteiger partial charge in [0.15, 0.2) is 0 Å². The second-order valence-corrected chi connectivity index (χ2v) is 5.06. The summed E-state index contributed by atoms with van der Waals surface area (Å²) in [6.07, 6.45) is 3.72. The lowest BCUT2D eigenvalue weighted by atomic mass is 10.1. The summed E-state index contributed by atoms with van der Waals surface area (Å²) in [6, 6.07) is 7.07. The third kappa shape index (κ3) is 3.53. The van der Waals surface area contributed by atoms with Crippen LogP contribution in [0.25, 0.3) is 0 Å². The molecule has 1 aliphatic carbocycles. The normalized spacial score (nSPS) is 15.0. The van der Waals surface area contributed by atoms with Crippen LogP contribution in [-0.2, 0) is 6.54 Å². The van der Waals surface area contributed by atoms with Crippen LogP contribution in [0.5, 0.6) is 0 Å². The molecule has 0 amide bonds. The lowest BCUT2D eigenvalue weighted by Crippen LogP contribution is -2.26. The zero-order valence-corrected chi connectivity index (χ0v) is 10.8. The molecular formula is C14H20N2O2. The molecule has 4 heteroatoms. The molecule has 1 saturated carbocycles. The molecular weight excluding hydrogens is 228 g/mol. The van der Waals surface area contributed by atoms with Crippen LogP contribution in [-0.4, -0.2) is 22.9 Å². The van der Waals surface area contributed by atoms with Gasteiger partial charge in [0.1, 0.15) is 0 Å². The third-order valence-corrected chi connectivity index (χ3v) is 3.34. The maximum atomic E-state index is 11.0. The van der Waals surface area contributed by atoms with E-state index in [1.54, 1.807) is 12.1 Å². The van der Waals surface area contributed by atoms with Gasteiger partial charge in [-0.15, -0.1) is 0 Å². The minimum atomic E-state index is -0.281. The number of para-hydroxylation sites is 1. The topological polar surface area (TPSA) is 46.4 Å². The summed E-state index contributed by atoms with van der Waals surface area (Å²) in [4.78, 5) is 13.0. The molecule has 0 saturated heterocycles. The average Bonchev–Trinajstić information content (AvgIpc) is 3.13. The lowest BCUT2D eigenvalue weighted by molar-refractivity contribution is -0.385. The SMILES string of the molecule is CCCN(Cc1ccccc1[N+](=O)[O-])CC1CC1. The van der Waals surface area contributed by atoms with E-state index in [4.69, 9.17) is 0 Å². The summed E-state index contributed by atoms with van der Waals surface area (Å²) >= 11 is 0. The van der Waals surface area contributed by atoms with Crippen LogP contribution in [0.2, 0.25) is 0 Å². The summed E-state index contributed by atoms with van der Waals surface area (Å²) in [5, 5.41) is 11.0. The van der Waals surface area contributed by atoms with Crippen molar-refractivity contribution >= 4 is 5.69 Å². The highest BCUT2D eigenvalue weighted by Crippen LogP contribution is 2.30. The second-order valence-electron chi connectivity index (χ2n) is 5.06. The van der Waals surface area contributed by atoms with Gasteiger partial charge < -0.3 is 0 Å². The van der Waals surface area contributed by atoms with Crippen LogP contribution in [0.15, 0.2) is 24.3 Å². The minimum Gasteiger partial charge on any atom is -0.299 e. The van der Waals surface area contributed by atoms with E-state index in [1.165, 1.54) is 12.8 Å². The van der Waals surface area contributed by atoms with Crippen molar-refractivity contribution in [1.82, 2.24) is 4.90 Å². The molecule has 1 fully saturated rings. The summed E-state index contributed by atoms with van der Waals surface area (Å²) in [5.74, 6) is 0.819. The van der Waals surface area contributed by atoms with Crippen LogP contribution in [0, 0.1) is 16.0 Å². The van der Waals surface area contributed by atoms with E-state index >= 15 is 0 Å². The van der Waals surface area contributed by atoms with E-state index in [0.717, 1.165) is 31.0 Å².